The Labute approximate surface area is 173 Å². The van der Waals surface area contributed by atoms with E-state index < -0.39 is 5.54 Å². The zero-order chi connectivity index (χ0) is 21.2. The first-order chi connectivity index (χ1) is 13.7. The van der Waals surface area contributed by atoms with Gasteiger partial charge in [0.05, 0.1) is 24.5 Å². The van der Waals surface area contributed by atoms with Gasteiger partial charge in [0.15, 0.2) is 0 Å². The standard InChI is InChI=1S/C22H32N4O3/c1-22(2)21(29)23-17-12-8-9-13-18(17)26(22)20(28)15-24(3)14-19(27)25(4)16-10-6-5-7-11-16/h8-9,12-13,16H,5-7,10-11,14-15H2,1-4H3,(H,23,29). The number of hydrogen-bond donors (Lipinski definition) is 1. The topological polar surface area (TPSA) is 73.0 Å². The van der Waals surface area contributed by atoms with Crippen molar-refractivity contribution < 1.29 is 14.4 Å². The van der Waals surface area contributed by atoms with Gasteiger partial charge in [0, 0.05) is 13.1 Å². The third-order valence-corrected chi connectivity index (χ3v) is 6.08. The second-order valence-electron chi connectivity index (χ2n) is 8.73. The van der Waals surface area contributed by atoms with Crippen LogP contribution in [0.4, 0.5) is 11.4 Å². The fraction of sp³-hybridized carbons (Fsp3) is 0.591. The molecule has 3 amide bonds. The van der Waals surface area contributed by atoms with Crippen LogP contribution in [0.3, 0.4) is 0 Å². The van der Waals surface area contributed by atoms with Crippen molar-refractivity contribution in [2.24, 2.45) is 0 Å². The Bertz CT molecular complexity index is 786. The molecule has 0 radical (unpaired) electrons. The number of rotatable bonds is 5. The highest BCUT2D eigenvalue weighted by Gasteiger charge is 2.43. The number of hydrogen-bond acceptors (Lipinski definition) is 4. The van der Waals surface area contributed by atoms with E-state index in [1.165, 1.54) is 19.3 Å². The Kier molecular flexibility index (Phi) is 6.27. The third kappa shape index (κ3) is 4.45. The molecule has 1 aromatic rings. The van der Waals surface area contributed by atoms with Crippen LogP contribution in [0, 0.1) is 0 Å². The molecule has 29 heavy (non-hydrogen) atoms. The van der Waals surface area contributed by atoms with Crippen molar-refractivity contribution in [1.29, 1.82) is 0 Å². The van der Waals surface area contributed by atoms with Gasteiger partial charge in [-0.25, -0.2) is 0 Å². The number of likely N-dealkylation sites (N-methyl/N-ethyl adjacent to an activating group) is 2. The molecule has 0 spiro atoms. The highest BCUT2D eigenvalue weighted by atomic mass is 16.2. The van der Waals surface area contributed by atoms with Crippen LogP contribution in [0.2, 0.25) is 0 Å². The zero-order valence-corrected chi connectivity index (χ0v) is 17.9. The molecule has 1 N–H and O–H groups in total. The number of amides is 3. The minimum atomic E-state index is -1.00. The van der Waals surface area contributed by atoms with E-state index in [4.69, 9.17) is 0 Å². The molecular formula is C22H32N4O3. The number of nitrogens with zero attached hydrogens (tertiary/aromatic N) is 3. The summed E-state index contributed by atoms with van der Waals surface area (Å²) in [5.41, 5.74) is 0.303. The average Bonchev–Trinajstić information content (AvgIpc) is 2.68. The molecule has 3 rings (SSSR count). The van der Waals surface area contributed by atoms with Crippen molar-refractivity contribution in [2.45, 2.75) is 57.5 Å². The molecule has 0 aromatic heterocycles. The number of carbonyl (C=O) groups is 3. The minimum Gasteiger partial charge on any atom is -0.342 e. The van der Waals surface area contributed by atoms with Gasteiger partial charge in [0.1, 0.15) is 5.54 Å². The summed E-state index contributed by atoms with van der Waals surface area (Å²) in [6, 6.07) is 7.59. The SMILES string of the molecule is CN(CC(=O)N(C)C1CCCCC1)CC(=O)N1c2ccccc2NC(=O)C1(C)C. The molecule has 0 saturated heterocycles. The van der Waals surface area contributed by atoms with Crippen LogP contribution >= 0.6 is 0 Å². The lowest BCUT2D eigenvalue weighted by atomic mass is 9.94. The average molecular weight is 401 g/mol. The normalized spacial score (nSPS) is 18.9. The van der Waals surface area contributed by atoms with Crippen molar-refractivity contribution in [1.82, 2.24) is 9.80 Å². The lowest BCUT2D eigenvalue weighted by molar-refractivity contribution is -0.134. The van der Waals surface area contributed by atoms with Crippen molar-refractivity contribution >= 4 is 29.1 Å². The van der Waals surface area contributed by atoms with E-state index in [2.05, 4.69) is 5.32 Å². The molecule has 7 heteroatoms. The summed E-state index contributed by atoms with van der Waals surface area (Å²) >= 11 is 0. The highest BCUT2D eigenvalue weighted by molar-refractivity contribution is 6.14. The highest BCUT2D eigenvalue weighted by Crippen LogP contribution is 2.36. The predicted octanol–water partition coefficient (Wildman–Crippen LogP) is 2.47. The maximum atomic E-state index is 13.2. The van der Waals surface area contributed by atoms with E-state index in [0.717, 1.165) is 12.8 Å². The van der Waals surface area contributed by atoms with E-state index in [0.29, 0.717) is 17.4 Å². The number of fused-ring (bicyclic) bond motifs is 1. The summed E-state index contributed by atoms with van der Waals surface area (Å²) in [7, 11) is 3.63. The van der Waals surface area contributed by atoms with Gasteiger partial charge in [-0.1, -0.05) is 31.4 Å². The summed E-state index contributed by atoms with van der Waals surface area (Å²) in [5, 5.41) is 2.86. The van der Waals surface area contributed by atoms with Gasteiger partial charge in [-0.05, 0) is 45.9 Å². The molecule has 1 saturated carbocycles. The van der Waals surface area contributed by atoms with Crippen molar-refractivity contribution in [3.63, 3.8) is 0 Å². The van der Waals surface area contributed by atoms with Crippen LogP contribution < -0.4 is 10.2 Å². The van der Waals surface area contributed by atoms with Crippen molar-refractivity contribution in [3.05, 3.63) is 24.3 Å². The largest absolute Gasteiger partial charge is 0.342 e. The molecule has 7 nitrogen and oxygen atoms in total. The van der Waals surface area contributed by atoms with Gasteiger partial charge in [-0.2, -0.15) is 0 Å². The second-order valence-corrected chi connectivity index (χ2v) is 8.73. The van der Waals surface area contributed by atoms with Crippen LogP contribution in [-0.4, -0.2) is 66.3 Å². The van der Waals surface area contributed by atoms with Crippen LogP contribution in [0.25, 0.3) is 0 Å². The maximum Gasteiger partial charge on any atom is 0.250 e. The van der Waals surface area contributed by atoms with E-state index in [9.17, 15) is 14.4 Å². The van der Waals surface area contributed by atoms with E-state index >= 15 is 0 Å². The second kappa shape index (κ2) is 8.53. The monoisotopic (exact) mass is 400 g/mol. The minimum absolute atomic E-state index is 0.0308. The molecule has 0 atom stereocenters. The van der Waals surface area contributed by atoms with Crippen molar-refractivity contribution in [2.75, 3.05) is 37.4 Å². The number of carbonyl (C=O) groups excluding carboxylic acids is 3. The Morgan fingerprint density at radius 1 is 1.10 bits per heavy atom. The summed E-state index contributed by atoms with van der Waals surface area (Å²) in [6.45, 7) is 3.71. The fourth-order valence-electron chi connectivity index (χ4n) is 4.27. The number of anilines is 2. The third-order valence-electron chi connectivity index (χ3n) is 6.08. The van der Waals surface area contributed by atoms with Gasteiger partial charge < -0.3 is 10.2 Å². The summed E-state index contributed by atoms with van der Waals surface area (Å²) < 4.78 is 0. The molecule has 0 bridgehead atoms. The molecule has 1 heterocycles. The first-order valence-corrected chi connectivity index (χ1v) is 10.4. The molecule has 1 aliphatic carbocycles. The zero-order valence-electron chi connectivity index (χ0n) is 17.9. The lowest BCUT2D eigenvalue weighted by Crippen LogP contribution is -2.60. The Morgan fingerprint density at radius 3 is 2.45 bits per heavy atom. The molecular weight excluding hydrogens is 368 g/mol. The number of nitrogens with one attached hydrogen (secondary N) is 1. The molecule has 2 aliphatic rings. The predicted molar refractivity (Wildman–Crippen MR) is 114 cm³/mol. The number of para-hydroxylation sites is 2. The van der Waals surface area contributed by atoms with Crippen LogP contribution in [-0.2, 0) is 14.4 Å². The Balaban J connectivity index is 1.67. The maximum absolute atomic E-state index is 13.2. The molecule has 0 unspecified atom stereocenters. The van der Waals surface area contributed by atoms with Gasteiger partial charge >= 0.3 is 0 Å². The Hall–Kier alpha value is -2.41. The van der Waals surface area contributed by atoms with Gasteiger partial charge in [0.2, 0.25) is 17.7 Å². The molecule has 1 aromatic carbocycles. The van der Waals surface area contributed by atoms with E-state index in [1.54, 1.807) is 36.8 Å². The first kappa shape index (κ1) is 21.3. The molecule has 1 aliphatic heterocycles. The summed E-state index contributed by atoms with van der Waals surface area (Å²) in [6.07, 6.45) is 5.69. The van der Waals surface area contributed by atoms with E-state index in [1.807, 2.05) is 30.1 Å². The number of benzene rings is 1. The fourth-order valence-corrected chi connectivity index (χ4v) is 4.27. The van der Waals surface area contributed by atoms with Crippen LogP contribution in [0.1, 0.15) is 46.0 Å². The Morgan fingerprint density at radius 2 is 1.76 bits per heavy atom. The molecule has 158 valence electrons. The smallest absolute Gasteiger partial charge is 0.250 e. The lowest BCUT2D eigenvalue weighted by Gasteiger charge is -2.42. The quantitative estimate of drug-likeness (QED) is 0.824. The first-order valence-electron chi connectivity index (χ1n) is 10.4. The van der Waals surface area contributed by atoms with Crippen LogP contribution in [0.15, 0.2) is 24.3 Å². The van der Waals surface area contributed by atoms with Gasteiger partial charge in [0.25, 0.3) is 0 Å². The van der Waals surface area contributed by atoms with Crippen LogP contribution in [0.5, 0.6) is 0 Å². The van der Waals surface area contributed by atoms with Crippen molar-refractivity contribution in [3.8, 4) is 0 Å². The summed E-state index contributed by atoms with van der Waals surface area (Å²) in [5.74, 6) is -0.392. The van der Waals surface area contributed by atoms with E-state index in [-0.39, 0.29) is 30.8 Å². The van der Waals surface area contributed by atoms with Gasteiger partial charge in [-0.15, -0.1) is 0 Å². The summed E-state index contributed by atoms with van der Waals surface area (Å²) in [4.78, 5) is 43.5. The van der Waals surface area contributed by atoms with Gasteiger partial charge in [-0.3, -0.25) is 24.2 Å². The molecule has 1 fully saturated rings.